The summed E-state index contributed by atoms with van der Waals surface area (Å²) in [7, 11) is 0. The molecule has 4 aliphatic carbocycles. The van der Waals surface area contributed by atoms with E-state index in [9.17, 15) is 0 Å². The number of allylic oxidation sites excluding steroid dienone is 2. The van der Waals surface area contributed by atoms with E-state index in [-0.39, 0.29) is 12.6 Å². The predicted molar refractivity (Wildman–Crippen MR) is 110 cm³/mol. The van der Waals surface area contributed by atoms with Crippen LogP contribution in [0.3, 0.4) is 0 Å². The Kier molecular flexibility index (Phi) is 6.81. The minimum absolute atomic E-state index is 0.108. The number of ether oxygens (including phenoxy) is 4. The lowest BCUT2D eigenvalue weighted by Crippen LogP contribution is -2.41. The number of hydrogen-bond donors (Lipinski definition) is 0. The first-order valence-corrected chi connectivity index (χ1v) is 11.8. The average Bonchev–Trinajstić information content (AvgIpc) is 3.45. The summed E-state index contributed by atoms with van der Waals surface area (Å²) >= 11 is 0. The maximum Gasteiger partial charge on any atom is 0.154 e. The lowest BCUT2D eigenvalue weighted by molar-refractivity contribution is -0.168. The van der Waals surface area contributed by atoms with Gasteiger partial charge in [0.25, 0.3) is 0 Å². The molecule has 0 saturated heterocycles. The van der Waals surface area contributed by atoms with E-state index in [1.165, 1.54) is 12.8 Å². The molecule has 0 radical (unpaired) electrons. The molecule has 0 aromatic carbocycles. The van der Waals surface area contributed by atoms with Crippen LogP contribution in [0, 0.1) is 47.3 Å². The molecule has 4 bridgehead atoms. The van der Waals surface area contributed by atoms with Gasteiger partial charge >= 0.3 is 0 Å². The van der Waals surface area contributed by atoms with E-state index in [2.05, 4.69) is 26.0 Å². The van der Waals surface area contributed by atoms with Crippen LogP contribution < -0.4 is 0 Å². The van der Waals surface area contributed by atoms with E-state index in [0.717, 1.165) is 74.8 Å². The third kappa shape index (κ3) is 3.95. The Morgan fingerprint density at radius 1 is 0.714 bits per heavy atom. The molecule has 28 heavy (non-hydrogen) atoms. The molecule has 160 valence electrons. The van der Waals surface area contributed by atoms with Crippen molar-refractivity contribution in [3.63, 3.8) is 0 Å². The van der Waals surface area contributed by atoms with Crippen LogP contribution in [0.4, 0.5) is 0 Å². The molecule has 10 atom stereocenters. The van der Waals surface area contributed by atoms with E-state index in [1.807, 2.05) is 13.8 Å². The molecule has 0 heterocycles. The van der Waals surface area contributed by atoms with E-state index in [1.54, 1.807) is 0 Å². The van der Waals surface area contributed by atoms with E-state index >= 15 is 0 Å². The molecule has 0 aromatic heterocycles. The number of fused-ring (bicyclic) bond motifs is 9. The lowest BCUT2D eigenvalue weighted by atomic mass is 9.65. The highest BCUT2D eigenvalue weighted by Crippen LogP contribution is 2.68. The van der Waals surface area contributed by atoms with Crippen LogP contribution >= 0.6 is 0 Å². The monoisotopic (exact) mass is 392 g/mol. The molecule has 0 spiro atoms. The molecule has 0 N–H and O–H groups in total. The summed E-state index contributed by atoms with van der Waals surface area (Å²) in [5.41, 5.74) is 0. The van der Waals surface area contributed by atoms with Crippen LogP contribution in [0.1, 0.15) is 53.4 Å². The van der Waals surface area contributed by atoms with Crippen molar-refractivity contribution in [3.8, 4) is 0 Å². The second kappa shape index (κ2) is 9.16. The molecule has 0 aromatic rings. The van der Waals surface area contributed by atoms with Crippen LogP contribution in [0.5, 0.6) is 0 Å². The van der Waals surface area contributed by atoms with Crippen molar-refractivity contribution >= 4 is 0 Å². The van der Waals surface area contributed by atoms with Crippen molar-refractivity contribution in [2.75, 3.05) is 26.4 Å². The summed E-state index contributed by atoms with van der Waals surface area (Å²) in [6.07, 6.45) is 9.66. The minimum atomic E-state index is -0.108. The van der Waals surface area contributed by atoms with Crippen molar-refractivity contribution in [2.24, 2.45) is 47.3 Å². The fourth-order valence-corrected chi connectivity index (χ4v) is 6.94. The summed E-state index contributed by atoms with van der Waals surface area (Å²) in [5.74, 6) is 6.25. The largest absolute Gasteiger partial charge is 0.353 e. The maximum atomic E-state index is 6.18. The van der Waals surface area contributed by atoms with Crippen LogP contribution in [0.15, 0.2) is 12.2 Å². The second-order valence-corrected chi connectivity index (χ2v) is 9.54. The molecule has 3 fully saturated rings. The Balaban J connectivity index is 1.39. The van der Waals surface area contributed by atoms with E-state index in [4.69, 9.17) is 18.9 Å². The third-order valence-electron chi connectivity index (χ3n) is 7.93. The first kappa shape index (κ1) is 20.8. The van der Waals surface area contributed by atoms with Crippen molar-refractivity contribution < 1.29 is 18.9 Å². The number of rotatable bonds is 12. The Labute approximate surface area is 171 Å². The van der Waals surface area contributed by atoms with Gasteiger partial charge in [0.15, 0.2) is 12.6 Å². The van der Waals surface area contributed by atoms with Crippen molar-refractivity contribution in [3.05, 3.63) is 12.2 Å². The quantitative estimate of drug-likeness (QED) is 0.269. The smallest absolute Gasteiger partial charge is 0.154 e. The molecule has 4 heteroatoms. The minimum Gasteiger partial charge on any atom is -0.353 e. The normalized spacial score (nSPS) is 42.3. The summed E-state index contributed by atoms with van der Waals surface area (Å²) in [6, 6.07) is 0. The van der Waals surface area contributed by atoms with Crippen LogP contribution in [-0.4, -0.2) is 39.0 Å². The maximum absolute atomic E-state index is 6.18. The second-order valence-electron chi connectivity index (χ2n) is 9.54. The number of hydrogen-bond acceptors (Lipinski definition) is 4. The summed E-state index contributed by atoms with van der Waals surface area (Å²) in [5, 5.41) is 0. The SMILES string of the molecule is CCCOC(C)OCC1C(COC(C)OCCC)C2CC1C1C3C=CC(C3)C21. The van der Waals surface area contributed by atoms with Gasteiger partial charge in [-0.15, -0.1) is 0 Å². The molecular formula is C24H40O4. The zero-order valence-corrected chi connectivity index (χ0v) is 18.2. The van der Waals surface area contributed by atoms with Crippen LogP contribution in [0.2, 0.25) is 0 Å². The van der Waals surface area contributed by atoms with Crippen molar-refractivity contribution in [1.82, 2.24) is 0 Å². The van der Waals surface area contributed by atoms with Gasteiger partial charge in [-0.3, -0.25) is 0 Å². The van der Waals surface area contributed by atoms with E-state index in [0.29, 0.717) is 11.8 Å². The zero-order valence-electron chi connectivity index (χ0n) is 18.2. The summed E-state index contributed by atoms with van der Waals surface area (Å²) < 4.78 is 23.9. The van der Waals surface area contributed by atoms with Gasteiger partial charge in [-0.25, -0.2) is 0 Å². The molecule has 10 unspecified atom stereocenters. The van der Waals surface area contributed by atoms with Crippen molar-refractivity contribution in [2.45, 2.75) is 66.0 Å². The lowest BCUT2D eigenvalue weighted by Gasteiger charge is -2.42. The highest BCUT2D eigenvalue weighted by Gasteiger charge is 2.64. The van der Waals surface area contributed by atoms with Crippen LogP contribution in [0.25, 0.3) is 0 Å². The molecular weight excluding hydrogens is 352 g/mol. The third-order valence-corrected chi connectivity index (χ3v) is 7.93. The molecule has 4 aliphatic rings. The Morgan fingerprint density at radius 3 is 1.61 bits per heavy atom. The molecule has 0 amide bonds. The van der Waals surface area contributed by atoms with E-state index < -0.39 is 0 Å². The average molecular weight is 393 g/mol. The van der Waals surface area contributed by atoms with Gasteiger partial charge in [-0.1, -0.05) is 26.0 Å². The Morgan fingerprint density at radius 2 is 1.18 bits per heavy atom. The van der Waals surface area contributed by atoms with Gasteiger partial charge in [0.05, 0.1) is 13.2 Å². The highest BCUT2D eigenvalue weighted by atomic mass is 16.7. The van der Waals surface area contributed by atoms with Gasteiger partial charge < -0.3 is 18.9 Å². The standard InChI is InChI=1S/C24H40O4/c1-5-9-25-15(3)27-13-21-19-12-20(22(21)14-28-16(4)26-10-6-2)24-18-8-7-17(11-18)23(19)24/h7-8,15-24H,5-6,9-14H2,1-4H3. The predicted octanol–water partition coefficient (Wildman–Crippen LogP) is 4.89. The van der Waals surface area contributed by atoms with Gasteiger partial charge in [0.2, 0.25) is 0 Å². The first-order chi connectivity index (χ1) is 13.6. The van der Waals surface area contributed by atoms with Gasteiger partial charge in [-0.2, -0.15) is 0 Å². The Bertz CT molecular complexity index is 491. The molecule has 3 saturated carbocycles. The molecule has 0 aliphatic heterocycles. The van der Waals surface area contributed by atoms with Crippen molar-refractivity contribution in [1.29, 1.82) is 0 Å². The first-order valence-electron chi connectivity index (χ1n) is 11.8. The topological polar surface area (TPSA) is 36.9 Å². The van der Waals surface area contributed by atoms with Gasteiger partial charge in [0, 0.05) is 13.2 Å². The Hall–Kier alpha value is -0.420. The zero-order chi connectivity index (χ0) is 19.7. The fraction of sp³-hybridized carbons (Fsp3) is 0.917. The molecule has 4 rings (SSSR count). The molecule has 4 nitrogen and oxygen atoms in total. The summed E-state index contributed by atoms with van der Waals surface area (Å²) in [4.78, 5) is 0. The van der Waals surface area contributed by atoms with Gasteiger partial charge in [0.1, 0.15) is 0 Å². The van der Waals surface area contributed by atoms with Gasteiger partial charge in [-0.05, 0) is 86.9 Å². The summed E-state index contributed by atoms with van der Waals surface area (Å²) in [6.45, 7) is 11.5. The van der Waals surface area contributed by atoms with Crippen LogP contribution in [-0.2, 0) is 18.9 Å². The fourth-order valence-electron chi connectivity index (χ4n) is 6.94. The highest BCUT2D eigenvalue weighted by molar-refractivity contribution is 5.21.